The van der Waals surface area contributed by atoms with Gasteiger partial charge in [-0.1, -0.05) is 48.6 Å². The molecule has 0 N–H and O–H groups in total. The highest BCUT2D eigenvalue weighted by Gasteiger charge is 2.36. The molecule has 2 heteroatoms. The molecule has 2 atom stereocenters. The van der Waals surface area contributed by atoms with Gasteiger partial charge in [0.15, 0.2) is 0 Å². The minimum atomic E-state index is -0.415. The fraction of sp³-hybridized carbons (Fsp3) is 0.263. The summed E-state index contributed by atoms with van der Waals surface area (Å²) in [7, 11) is 0. The Kier molecular flexibility index (Phi) is 2.95. The average molecular weight is 278 g/mol. The van der Waals surface area contributed by atoms with Crippen LogP contribution in [0.1, 0.15) is 17.5 Å². The highest BCUT2D eigenvalue weighted by Crippen LogP contribution is 2.42. The lowest BCUT2D eigenvalue weighted by Gasteiger charge is -2.34. The standard InChI is InChI=1S/C19H18O2/c1-2-10-19(21-13-16-12-20-16)11-9-15-6-3-5-14-7-4-8-17(19)18(14)15/h2-9,11,16H,1,10,12-13H2. The van der Waals surface area contributed by atoms with Gasteiger partial charge in [0.25, 0.3) is 0 Å². The third kappa shape index (κ3) is 2.11. The Morgan fingerprint density at radius 3 is 2.86 bits per heavy atom. The van der Waals surface area contributed by atoms with Gasteiger partial charge in [-0.15, -0.1) is 6.58 Å². The van der Waals surface area contributed by atoms with E-state index >= 15 is 0 Å². The number of benzene rings is 2. The van der Waals surface area contributed by atoms with Gasteiger partial charge in [0.1, 0.15) is 11.7 Å². The summed E-state index contributed by atoms with van der Waals surface area (Å²) >= 11 is 0. The smallest absolute Gasteiger partial charge is 0.116 e. The van der Waals surface area contributed by atoms with Crippen LogP contribution in [0.4, 0.5) is 0 Å². The van der Waals surface area contributed by atoms with Crippen LogP contribution in [0.2, 0.25) is 0 Å². The quantitative estimate of drug-likeness (QED) is 0.608. The molecule has 21 heavy (non-hydrogen) atoms. The second-order valence-corrected chi connectivity index (χ2v) is 5.73. The highest BCUT2D eigenvalue weighted by molar-refractivity contribution is 5.96. The minimum Gasteiger partial charge on any atom is -0.371 e. The number of ether oxygens (including phenoxy) is 2. The van der Waals surface area contributed by atoms with E-state index in [0.717, 1.165) is 13.0 Å². The zero-order valence-electron chi connectivity index (χ0n) is 11.9. The van der Waals surface area contributed by atoms with Crippen molar-refractivity contribution >= 4 is 16.8 Å². The first kappa shape index (κ1) is 12.8. The fourth-order valence-corrected chi connectivity index (χ4v) is 3.16. The van der Waals surface area contributed by atoms with E-state index in [9.17, 15) is 0 Å². The van der Waals surface area contributed by atoms with Crippen molar-refractivity contribution in [2.75, 3.05) is 13.2 Å². The summed E-state index contributed by atoms with van der Waals surface area (Å²) < 4.78 is 11.6. The lowest BCUT2D eigenvalue weighted by Crippen LogP contribution is -2.30. The van der Waals surface area contributed by atoms with Gasteiger partial charge in [-0.3, -0.25) is 0 Å². The first-order chi connectivity index (χ1) is 10.3. The van der Waals surface area contributed by atoms with Gasteiger partial charge in [0.05, 0.1) is 13.2 Å². The van der Waals surface area contributed by atoms with E-state index in [1.54, 1.807) is 0 Å². The zero-order chi connectivity index (χ0) is 14.3. The second kappa shape index (κ2) is 4.83. The SMILES string of the molecule is C=CCC1(OCC2CO2)C=Cc2cccc3cccc1c23. The molecular weight excluding hydrogens is 260 g/mol. The molecule has 1 fully saturated rings. The molecule has 0 spiro atoms. The lowest BCUT2D eigenvalue weighted by atomic mass is 9.80. The Morgan fingerprint density at radius 2 is 2.10 bits per heavy atom. The molecule has 0 amide bonds. The van der Waals surface area contributed by atoms with Crippen LogP contribution in [0.25, 0.3) is 16.8 Å². The van der Waals surface area contributed by atoms with Gasteiger partial charge in [-0.2, -0.15) is 0 Å². The van der Waals surface area contributed by atoms with Crippen LogP contribution < -0.4 is 0 Å². The number of epoxide rings is 1. The van der Waals surface area contributed by atoms with Crippen LogP contribution in [0.5, 0.6) is 0 Å². The lowest BCUT2D eigenvalue weighted by molar-refractivity contribution is -0.0165. The third-order valence-corrected chi connectivity index (χ3v) is 4.30. The Balaban J connectivity index is 1.86. The largest absolute Gasteiger partial charge is 0.371 e. The molecule has 1 aliphatic carbocycles. The van der Waals surface area contributed by atoms with E-state index in [-0.39, 0.29) is 6.10 Å². The Bertz CT molecular complexity index is 722. The predicted molar refractivity (Wildman–Crippen MR) is 85.2 cm³/mol. The van der Waals surface area contributed by atoms with Gasteiger partial charge >= 0.3 is 0 Å². The maximum absolute atomic E-state index is 6.30. The Morgan fingerprint density at radius 1 is 1.29 bits per heavy atom. The van der Waals surface area contributed by atoms with Crippen LogP contribution in [-0.4, -0.2) is 19.3 Å². The van der Waals surface area contributed by atoms with Crippen molar-refractivity contribution in [1.82, 2.24) is 0 Å². The molecule has 2 unspecified atom stereocenters. The van der Waals surface area contributed by atoms with Gasteiger partial charge < -0.3 is 9.47 Å². The highest BCUT2D eigenvalue weighted by atomic mass is 16.6. The second-order valence-electron chi connectivity index (χ2n) is 5.73. The molecule has 0 saturated carbocycles. The van der Waals surface area contributed by atoms with E-state index in [4.69, 9.17) is 9.47 Å². The summed E-state index contributed by atoms with van der Waals surface area (Å²) in [6.45, 7) is 5.37. The molecule has 2 nitrogen and oxygen atoms in total. The number of rotatable bonds is 5. The molecule has 1 heterocycles. The van der Waals surface area contributed by atoms with Crippen molar-refractivity contribution in [3.05, 3.63) is 66.3 Å². The molecule has 2 aromatic rings. The maximum Gasteiger partial charge on any atom is 0.116 e. The first-order valence-corrected chi connectivity index (χ1v) is 7.40. The summed E-state index contributed by atoms with van der Waals surface area (Å²) in [4.78, 5) is 0. The van der Waals surface area contributed by atoms with E-state index in [1.165, 1.54) is 21.9 Å². The summed E-state index contributed by atoms with van der Waals surface area (Å²) in [5.74, 6) is 0. The monoisotopic (exact) mass is 278 g/mol. The van der Waals surface area contributed by atoms with Gasteiger partial charge in [-0.05, 0) is 28.0 Å². The normalized spacial score (nSPS) is 26.0. The van der Waals surface area contributed by atoms with Crippen molar-refractivity contribution in [1.29, 1.82) is 0 Å². The van der Waals surface area contributed by atoms with Crippen molar-refractivity contribution in [2.24, 2.45) is 0 Å². The number of hydrogen-bond acceptors (Lipinski definition) is 2. The predicted octanol–water partition coefficient (Wildman–Crippen LogP) is 4.05. The fourth-order valence-electron chi connectivity index (χ4n) is 3.16. The van der Waals surface area contributed by atoms with Crippen LogP contribution in [0.15, 0.2) is 55.1 Å². The zero-order valence-corrected chi connectivity index (χ0v) is 11.9. The van der Waals surface area contributed by atoms with E-state index in [1.807, 2.05) is 6.08 Å². The van der Waals surface area contributed by atoms with Crippen molar-refractivity contribution in [2.45, 2.75) is 18.1 Å². The summed E-state index contributed by atoms with van der Waals surface area (Å²) in [6.07, 6.45) is 7.31. The van der Waals surface area contributed by atoms with Crippen LogP contribution in [-0.2, 0) is 15.1 Å². The van der Waals surface area contributed by atoms with Crippen LogP contribution in [0, 0.1) is 0 Å². The molecule has 0 radical (unpaired) electrons. The van der Waals surface area contributed by atoms with E-state index in [2.05, 4.69) is 55.1 Å². The molecule has 0 bridgehead atoms. The van der Waals surface area contributed by atoms with Crippen LogP contribution in [0.3, 0.4) is 0 Å². The third-order valence-electron chi connectivity index (χ3n) is 4.30. The summed E-state index contributed by atoms with van der Waals surface area (Å²) in [5, 5.41) is 2.55. The van der Waals surface area contributed by atoms with Gasteiger partial charge in [0, 0.05) is 6.42 Å². The molecule has 0 aromatic heterocycles. The molecule has 1 aliphatic heterocycles. The average Bonchev–Trinajstić information content (AvgIpc) is 3.34. The van der Waals surface area contributed by atoms with Gasteiger partial charge in [-0.25, -0.2) is 0 Å². The minimum absolute atomic E-state index is 0.261. The Hall–Kier alpha value is -1.90. The summed E-state index contributed by atoms with van der Waals surface area (Å²) in [5.41, 5.74) is 2.08. The Labute approximate surface area is 124 Å². The van der Waals surface area contributed by atoms with Crippen LogP contribution >= 0.6 is 0 Å². The van der Waals surface area contributed by atoms with Crippen molar-refractivity contribution < 1.29 is 9.47 Å². The van der Waals surface area contributed by atoms with Crippen molar-refractivity contribution in [3.63, 3.8) is 0 Å². The molecule has 2 aliphatic rings. The molecule has 1 saturated heterocycles. The van der Waals surface area contributed by atoms with E-state index in [0.29, 0.717) is 6.61 Å². The first-order valence-electron chi connectivity index (χ1n) is 7.40. The number of hydrogen-bond donors (Lipinski definition) is 0. The van der Waals surface area contributed by atoms with Crippen molar-refractivity contribution in [3.8, 4) is 0 Å². The molecular formula is C19H18O2. The molecule has 4 rings (SSSR count). The summed E-state index contributed by atoms with van der Waals surface area (Å²) in [6, 6.07) is 12.9. The maximum atomic E-state index is 6.30. The van der Waals surface area contributed by atoms with E-state index < -0.39 is 5.60 Å². The molecule has 106 valence electrons. The molecule has 2 aromatic carbocycles. The van der Waals surface area contributed by atoms with Gasteiger partial charge in [0.2, 0.25) is 0 Å². The topological polar surface area (TPSA) is 21.8 Å².